The van der Waals surface area contributed by atoms with E-state index in [2.05, 4.69) is 32.9 Å². The van der Waals surface area contributed by atoms with Crippen LogP contribution in [0.3, 0.4) is 0 Å². The van der Waals surface area contributed by atoms with Gasteiger partial charge in [-0.25, -0.2) is 0 Å². The summed E-state index contributed by atoms with van der Waals surface area (Å²) < 4.78 is 0. The summed E-state index contributed by atoms with van der Waals surface area (Å²) in [5.41, 5.74) is 3.58. The SMILES string of the molecule is CC(C)=C/C=C(\C)c1ccccc1Cl. The Kier molecular flexibility index (Phi) is 3.97. The van der Waals surface area contributed by atoms with E-state index in [0.29, 0.717) is 0 Å². The zero-order chi connectivity index (χ0) is 10.6. The Balaban J connectivity index is 3.01. The van der Waals surface area contributed by atoms with Gasteiger partial charge in [-0.1, -0.05) is 47.5 Å². The highest BCUT2D eigenvalue weighted by Gasteiger charge is 1.98. The van der Waals surface area contributed by atoms with Crippen LogP contribution in [0.4, 0.5) is 0 Å². The van der Waals surface area contributed by atoms with Crippen LogP contribution in [-0.2, 0) is 0 Å². The third-order valence-electron chi connectivity index (χ3n) is 1.97. The number of hydrogen-bond donors (Lipinski definition) is 0. The largest absolute Gasteiger partial charge is 0.0837 e. The fraction of sp³-hybridized carbons (Fsp3) is 0.231. The zero-order valence-electron chi connectivity index (χ0n) is 8.84. The lowest BCUT2D eigenvalue weighted by Crippen LogP contribution is -1.80. The van der Waals surface area contributed by atoms with Gasteiger partial charge in [0.05, 0.1) is 0 Å². The van der Waals surface area contributed by atoms with Gasteiger partial charge in [-0.3, -0.25) is 0 Å². The molecule has 1 aromatic carbocycles. The van der Waals surface area contributed by atoms with E-state index in [1.54, 1.807) is 0 Å². The molecule has 0 saturated carbocycles. The highest BCUT2D eigenvalue weighted by atomic mass is 35.5. The smallest absolute Gasteiger partial charge is 0.0481 e. The van der Waals surface area contributed by atoms with Gasteiger partial charge in [0.1, 0.15) is 0 Å². The quantitative estimate of drug-likeness (QED) is 0.615. The van der Waals surface area contributed by atoms with E-state index in [4.69, 9.17) is 11.6 Å². The second-order valence-corrected chi connectivity index (χ2v) is 3.98. The fourth-order valence-electron chi connectivity index (χ4n) is 1.16. The molecule has 0 spiro atoms. The Labute approximate surface area is 90.9 Å². The Hall–Kier alpha value is -1.01. The topological polar surface area (TPSA) is 0 Å². The van der Waals surface area contributed by atoms with Crippen molar-refractivity contribution >= 4 is 17.2 Å². The molecule has 0 aromatic heterocycles. The summed E-state index contributed by atoms with van der Waals surface area (Å²) in [6, 6.07) is 7.89. The molecule has 0 amide bonds. The summed E-state index contributed by atoms with van der Waals surface area (Å²) in [7, 11) is 0. The zero-order valence-corrected chi connectivity index (χ0v) is 9.60. The molecule has 0 heterocycles. The predicted molar refractivity (Wildman–Crippen MR) is 64.5 cm³/mol. The van der Waals surface area contributed by atoms with E-state index < -0.39 is 0 Å². The first-order valence-electron chi connectivity index (χ1n) is 4.68. The summed E-state index contributed by atoms with van der Waals surface area (Å²) in [6.45, 7) is 6.23. The molecule has 0 N–H and O–H groups in total. The van der Waals surface area contributed by atoms with Gasteiger partial charge in [-0.2, -0.15) is 0 Å². The van der Waals surface area contributed by atoms with Gasteiger partial charge in [0.25, 0.3) is 0 Å². The number of rotatable bonds is 2. The third kappa shape index (κ3) is 3.04. The van der Waals surface area contributed by atoms with Crippen molar-refractivity contribution in [1.82, 2.24) is 0 Å². The second-order valence-electron chi connectivity index (χ2n) is 3.57. The van der Waals surface area contributed by atoms with Gasteiger partial charge in [0, 0.05) is 5.02 Å². The van der Waals surface area contributed by atoms with Crippen LogP contribution in [0.25, 0.3) is 5.57 Å². The first-order chi connectivity index (χ1) is 6.61. The summed E-state index contributed by atoms with van der Waals surface area (Å²) in [5, 5.41) is 0.809. The highest BCUT2D eigenvalue weighted by Crippen LogP contribution is 2.23. The van der Waals surface area contributed by atoms with E-state index in [0.717, 1.165) is 10.6 Å². The maximum absolute atomic E-state index is 6.07. The van der Waals surface area contributed by atoms with Crippen LogP contribution >= 0.6 is 11.6 Å². The van der Waals surface area contributed by atoms with Crippen molar-refractivity contribution in [3.63, 3.8) is 0 Å². The van der Waals surface area contributed by atoms with Crippen molar-refractivity contribution in [2.45, 2.75) is 20.8 Å². The molecule has 1 rings (SSSR count). The molecule has 1 aromatic rings. The fourth-order valence-corrected chi connectivity index (χ4v) is 1.45. The van der Waals surface area contributed by atoms with Crippen molar-refractivity contribution < 1.29 is 0 Å². The number of halogens is 1. The van der Waals surface area contributed by atoms with E-state index in [1.165, 1.54) is 11.1 Å². The molecule has 0 aliphatic heterocycles. The molecular formula is C13H15Cl. The number of hydrogen-bond acceptors (Lipinski definition) is 0. The molecule has 0 atom stereocenters. The lowest BCUT2D eigenvalue weighted by atomic mass is 10.1. The third-order valence-corrected chi connectivity index (χ3v) is 2.29. The summed E-state index contributed by atoms with van der Waals surface area (Å²) in [6.07, 6.45) is 4.19. The molecule has 14 heavy (non-hydrogen) atoms. The lowest BCUT2D eigenvalue weighted by molar-refractivity contribution is 1.39. The molecule has 74 valence electrons. The maximum Gasteiger partial charge on any atom is 0.0481 e. The average molecular weight is 207 g/mol. The van der Waals surface area contributed by atoms with E-state index in [1.807, 2.05) is 24.3 Å². The standard InChI is InChI=1S/C13H15Cl/c1-10(2)8-9-11(3)12-6-4-5-7-13(12)14/h4-9H,1-3H3/b11-9+. The predicted octanol–water partition coefficient (Wildman–Crippen LogP) is 4.71. The van der Waals surface area contributed by atoms with Crippen LogP contribution in [0.2, 0.25) is 5.02 Å². The summed E-state index contributed by atoms with van der Waals surface area (Å²) in [5.74, 6) is 0. The molecule has 1 heteroatoms. The normalized spacial score (nSPS) is 11.3. The molecule has 0 saturated heterocycles. The van der Waals surface area contributed by atoms with Crippen LogP contribution in [-0.4, -0.2) is 0 Å². The van der Waals surface area contributed by atoms with Crippen molar-refractivity contribution in [3.8, 4) is 0 Å². The van der Waals surface area contributed by atoms with Crippen molar-refractivity contribution in [2.75, 3.05) is 0 Å². The summed E-state index contributed by atoms with van der Waals surface area (Å²) in [4.78, 5) is 0. The van der Waals surface area contributed by atoms with Crippen LogP contribution in [0.1, 0.15) is 26.3 Å². The van der Waals surface area contributed by atoms with Crippen LogP contribution in [0.5, 0.6) is 0 Å². The van der Waals surface area contributed by atoms with E-state index in [-0.39, 0.29) is 0 Å². The minimum atomic E-state index is 0.809. The Bertz CT molecular complexity index is 369. The van der Waals surface area contributed by atoms with Gasteiger partial charge in [0.2, 0.25) is 0 Å². The Morgan fingerprint density at radius 3 is 2.29 bits per heavy atom. The van der Waals surface area contributed by atoms with Gasteiger partial charge in [-0.15, -0.1) is 0 Å². The maximum atomic E-state index is 6.07. The molecule has 0 nitrogen and oxygen atoms in total. The molecule has 0 unspecified atom stereocenters. The minimum Gasteiger partial charge on any atom is -0.0837 e. The Morgan fingerprint density at radius 1 is 1.07 bits per heavy atom. The van der Waals surface area contributed by atoms with Crippen molar-refractivity contribution in [2.24, 2.45) is 0 Å². The van der Waals surface area contributed by atoms with Crippen LogP contribution < -0.4 is 0 Å². The minimum absolute atomic E-state index is 0.809. The molecule has 0 bridgehead atoms. The van der Waals surface area contributed by atoms with Gasteiger partial charge in [-0.05, 0) is 38.0 Å². The number of allylic oxidation sites excluding steroid dienone is 4. The molecular weight excluding hydrogens is 192 g/mol. The average Bonchev–Trinajstić information content (AvgIpc) is 2.15. The first kappa shape index (κ1) is 11.1. The van der Waals surface area contributed by atoms with Crippen LogP contribution in [0, 0.1) is 0 Å². The van der Waals surface area contributed by atoms with Gasteiger partial charge < -0.3 is 0 Å². The number of benzene rings is 1. The summed E-state index contributed by atoms with van der Waals surface area (Å²) >= 11 is 6.07. The van der Waals surface area contributed by atoms with Crippen LogP contribution in [0.15, 0.2) is 42.0 Å². The monoisotopic (exact) mass is 206 g/mol. The highest BCUT2D eigenvalue weighted by molar-refractivity contribution is 6.32. The lowest BCUT2D eigenvalue weighted by Gasteiger charge is -2.02. The molecule has 0 fully saturated rings. The Morgan fingerprint density at radius 2 is 1.71 bits per heavy atom. The van der Waals surface area contributed by atoms with E-state index >= 15 is 0 Å². The second kappa shape index (κ2) is 5.02. The van der Waals surface area contributed by atoms with Gasteiger partial charge in [0.15, 0.2) is 0 Å². The molecule has 0 aliphatic rings. The van der Waals surface area contributed by atoms with Gasteiger partial charge >= 0.3 is 0 Å². The van der Waals surface area contributed by atoms with E-state index in [9.17, 15) is 0 Å². The van der Waals surface area contributed by atoms with Crippen molar-refractivity contribution in [1.29, 1.82) is 0 Å². The van der Waals surface area contributed by atoms with Crippen molar-refractivity contribution in [3.05, 3.63) is 52.6 Å². The molecule has 0 aliphatic carbocycles. The first-order valence-corrected chi connectivity index (χ1v) is 5.05. The molecule has 0 radical (unpaired) electrons.